The number of carboxylic acids is 1. The maximum atomic E-state index is 12.5. The SMILES string of the molecule is Cc1ccc2c(CC(=O)NC(C)(CC(=O)O)C(C)C)coc2c1C. The summed E-state index contributed by atoms with van der Waals surface area (Å²) in [4.78, 5) is 23.6. The average molecular weight is 331 g/mol. The van der Waals surface area contributed by atoms with Crippen LogP contribution < -0.4 is 5.32 Å². The van der Waals surface area contributed by atoms with E-state index >= 15 is 0 Å². The number of furan rings is 1. The fourth-order valence-corrected chi connectivity index (χ4v) is 2.77. The summed E-state index contributed by atoms with van der Waals surface area (Å²) in [7, 11) is 0. The molecule has 0 spiro atoms. The zero-order chi connectivity index (χ0) is 18.1. The van der Waals surface area contributed by atoms with Crippen molar-refractivity contribution in [3.05, 3.63) is 35.1 Å². The van der Waals surface area contributed by atoms with Crippen LogP contribution >= 0.6 is 0 Å². The van der Waals surface area contributed by atoms with Gasteiger partial charge in [-0.3, -0.25) is 9.59 Å². The third-order valence-electron chi connectivity index (χ3n) is 4.91. The molecule has 5 nitrogen and oxygen atoms in total. The Balaban J connectivity index is 2.20. The van der Waals surface area contributed by atoms with Crippen LogP contribution in [0.5, 0.6) is 0 Å². The van der Waals surface area contributed by atoms with E-state index in [1.54, 1.807) is 13.2 Å². The predicted molar refractivity (Wildman–Crippen MR) is 93.0 cm³/mol. The Morgan fingerprint density at radius 2 is 1.96 bits per heavy atom. The molecule has 2 N–H and O–H groups in total. The van der Waals surface area contributed by atoms with Gasteiger partial charge in [-0.05, 0) is 37.8 Å². The second kappa shape index (κ2) is 6.67. The van der Waals surface area contributed by atoms with Crippen molar-refractivity contribution in [2.75, 3.05) is 0 Å². The highest BCUT2D eigenvalue weighted by Crippen LogP contribution is 2.27. The number of aliphatic carboxylic acids is 1. The van der Waals surface area contributed by atoms with E-state index in [1.165, 1.54) is 0 Å². The van der Waals surface area contributed by atoms with Gasteiger partial charge in [0.1, 0.15) is 5.58 Å². The standard InChI is InChI=1S/C19H25NO4/c1-11(2)19(5,9-17(22)23)20-16(21)8-14-10-24-18-13(4)12(3)6-7-15(14)18/h6-7,10-11H,8-9H2,1-5H3,(H,20,21)(H,22,23). The summed E-state index contributed by atoms with van der Waals surface area (Å²) >= 11 is 0. The maximum absolute atomic E-state index is 12.5. The molecule has 0 aliphatic carbocycles. The normalized spacial score (nSPS) is 13.9. The van der Waals surface area contributed by atoms with E-state index in [0.29, 0.717) is 0 Å². The fourth-order valence-electron chi connectivity index (χ4n) is 2.77. The minimum absolute atomic E-state index is 0.00328. The van der Waals surface area contributed by atoms with Crippen LogP contribution in [-0.2, 0) is 16.0 Å². The third-order valence-corrected chi connectivity index (χ3v) is 4.91. The number of carbonyl (C=O) groups is 2. The number of amides is 1. The summed E-state index contributed by atoms with van der Waals surface area (Å²) in [6, 6.07) is 3.97. The zero-order valence-electron chi connectivity index (χ0n) is 14.9. The summed E-state index contributed by atoms with van der Waals surface area (Å²) in [6.45, 7) is 9.59. The van der Waals surface area contributed by atoms with E-state index in [1.807, 2.05) is 39.8 Å². The first kappa shape index (κ1) is 18.0. The lowest BCUT2D eigenvalue weighted by Crippen LogP contribution is -2.51. The van der Waals surface area contributed by atoms with Gasteiger partial charge in [0, 0.05) is 16.5 Å². The second-order valence-electron chi connectivity index (χ2n) is 7.01. The monoisotopic (exact) mass is 331 g/mol. The molecular weight excluding hydrogens is 306 g/mol. The van der Waals surface area contributed by atoms with Crippen LogP contribution in [0.15, 0.2) is 22.8 Å². The third kappa shape index (κ3) is 3.61. The molecule has 1 unspecified atom stereocenters. The molecule has 0 aliphatic heterocycles. The van der Waals surface area contributed by atoms with E-state index in [4.69, 9.17) is 9.52 Å². The Morgan fingerprint density at radius 1 is 1.29 bits per heavy atom. The van der Waals surface area contributed by atoms with Gasteiger partial charge in [0.15, 0.2) is 0 Å². The summed E-state index contributed by atoms with van der Waals surface area (Å²) in [5.41, 5.74) is 3.04. The number of hydrogen-bond donors (Lipinski definition) is 2. The number of carbonyl (C=O) groups excluding carboxylic acids is 1. The number of nitrogens with one attached hydrogen (secondary N) is 1. The molecule has 1 heterocycles. The van der Waals surface area contributed by atoms with Gasteiger partial charge in [-0.25, -0.2) is 0 Å². The highest BCUT2D eigenvalue weighted by Gasteiger charge is 2.33. The van der Waals surface area contributed by atoms with Crippen LogP contribution in [0, 0.1) is 19.8 Å². The van der Waals surface area contributed by atoms with Crippen molar-refractivity contribution in [1.82, 2.24) is 5.32 Å². The molecular formula is C19H25NO4. The van der Waals surface area contributed by atoms with Crippen LogP contribution in [0.1, 0.15) is 43.9 Å². The highest BCUT2D eigenvalue weighted by molar-refractivity contribution is 5.90. The Kier molecular flexibility index (Phi) is 5.02. The number of fused-ring (bicyclic) bond motifs is 1. The van der Waals surface area contributed by atoms with E-state index < -0.39 is 11.5 Å². The van der Waals surface area contributed by atoms with Crippen molar-refractivity contribution in [3.63, 3.8) is 0 Å². The smallest absolute Gasteiger partial charge is 0.305 e. The molecule has 5 heteroatoms. The van der Waals surface area contributed by atoms with Crippen LogP contribution in [0.4, 0.5) is 0 Å². The van der Waals surface area contributed by atoms with E-state index in [2.05, 4.69) is 5.32 Å². The summed E-state index contributed by atoms with van der Waals surface area (Å²) in [5.74, 6) is -1.12. The van der Waals surface area contributed by atoms with Gasteiger partial charge < -0.3 is 14.8 Å². The molecule has 1 amide bonds. The summed E-state index contributed by atoms with van der Waals surface area (Å²) in [6.07, 6.45) is 1.67. The molecule has 1 atom stereocenters. The van der Waals surface area contributed by atoms with Crippen molar-refractivity contribution < 1.29 is 19.1 Å². The van der Waals surface area contributed by atoms with E-state index in [0.717, 1.165) is 27.7 Å². The first-order valence-electron chi connectivity index (χ1n) is 8.13. The second-order valence-corrected chi connectivity index (χ2v) is 7.01. The lowest BCUT2D eigenvalue weighted by Gasteiger charge is -2.33. The molecule has 130 valence electrons. The van der Waals surface area contributed by atoms with Crippen molar-refractivity contribution in [2.45, 2.75) is 53.0 Å². The number of aryl methyl sites for hydroxylation is 2. The lowest BCUT2D eigenvalue weighted by molar-refractivity contribution is -0.139. The average Bonchev–Trinajstić information content (AvgIpc) is 2.85. The molecule has 1 aromatic heterocycles. The highest BCUT2D eigenvalue weighted by atomic mass is 16.4. The number of benzene rings is 1. The molecule has 0 saturated carbocycles. The molecule has 0 fully saturated rings. The molecule has 1 aromatic carbocycles. The Labute approximate surface area is 142 Å². The Bertz CT molecular complexity index is 775. The quantitative estimate of drug-likeness (QED) is 0.847. The van der Waals surface area contributed by atoms with Crippen LogP contribution in [-0.4, -0.2) is 22.5 Å². The van der Waals surface area contributed by atoms with Crippen molar-refractivity contribution in [1.29, 1.82) is 0 Å². The van der Waals surface area contributed by atoms with Gasteiger partial charge in [-0.2, -0.15) is 0 Å². The van der Waals surface area contributed by atoms with Crippen molar-refractivity contribution >= 4 is 22.8 Å². The largest absolute Gasteiger partial charge is 0.481 e. The molecule has 2 aromatic rings. The van der Waals surface area contributed by atoms with Gasteiger partial charge in [0.25, 0.3) is 0 Å². The van der Waals surface area contributed by atoms with Crippen LogP contribution in [0.3, 0.4) is 0 Å². The topological polar surface area (TPSA) is 79.5 Å². The van der Waals surface area contributed by atoms with Crippen LogP contribution in [0.25, 0.3) is 11.0 Å². The van der Waals surface area contributed by atoms with Gasteiger partial charge in [0.2, 0.25) is 5.91 Å². The van der Waals surface area contributed by atoms with Crippen LogP contribution in [0.2, 0.25) is 0 Å². The Hall–Kier alpha value is -2.30. The zero-order valence-corrected chi connectivity index (χ0v) is 14.9. The van der Waals surface area contributed by atoms with Gasteiger partial charge in [-0.15, -0.1) is 0 Å². The van der Waals surface area contributed by atoms with Crippen molar-refractivity contribution in [3.8, 4) is 0 Å². The number of hydrogen-bond acceptors (Lipinski definition) is 3. The summed E-state index contributed by atoms with van der Waals surface area (Å²) < 4.78 is 5.63. The number of rotatable bonds is 6. The minimum atomic E-state index is -0.925. The van der Waals surface area contributed by atoms with Crippen molar-refractivity contribution in [2.24, 2.45) is 5.92 Å². The van der Waals surface area contributed by atoms with Gasteiger partial charge >= 0.3 is 5.97 Å². The first-order valence-corrected chi connectivity index (χ1v) is 8.13. The first-order chi connectivity index (χ1) is 11.1. The van der Waals surface area contributed by atoms with Gasteiger partial charge in [0.05, 0.1) is 19.1 Å². The van der Waals surface area contributed by atoms with E-state index in [9.17, 15) is 9.59 Å². The molecule has 0 bridgehead atoms. The Morgan fingerprint density at radius 3 is 2.54 bits per heavy atom. The predicted octanol–water partition coefficient (Wildman–Crippen LogP) is 3.60. The van der Waals surface area contributed by atoms with Gasteiger partial charge in [-0.1, -0.05) is 26.0 Å². The lowest BCUT2D eigenvalue weighted by atomic mass is 9.85. The molecule has 2 rings (SSSR count). The fraction of sp³-hybridized carbons (Fsp3) is 0.474. The molecule has 24 heavy (non-hydrogen) atoms. The molecule has 0 radical (unpaired) electrons. The maximum Gasteiger partial charge on any atom is 0.305 e. The summed E-state index contributed by atoms with van der Waals surface area (Å²) in [5, 5.41) is 12.9. The minimum Gasteiger partial charge on any atom is -0.481 e. The number of carboxylic acid groups (broad SMARTS) is 1. The molecule has 0 saturated heterocycles. The van der Waals surface area contributed by atoms with E-state index in [-0.39, 0.29) is 24.7 Å². The molecule has 0 aliphatic rings.